The second-order valence-electron chi connectivity index (χ2n) is 10.6. The molecule has 4 atom stereocenters. The van der Waals surface area contributed by atoms with E-state index in [1.165, 1.54) is 23.3 Å². The minimum atomic E-state index is -0.819. The van der Waals surface area contributed by atoms with Crippen LogP contribution in [0.1, 0.15) is 60.8 Å². The quantitative estimate of drug-likeness (QED) is 0.390. The molecule has 2 bridgehead atoms. The zero-order valence-corrected chi connectivity index (χ0v) is 20.6. The van der Waals surface area contributed by atoms with Crippen molar-refractivity contribution < 1.29 is 14.2 Å². The molecule has 2 aliphatic carbocycles. The van der Waals surface area contributed by atoms with Crippen LogP contribution in [0.4, 0.5) is 4.39 Å². The summed E-state index contributed by atoms with van der Waals surface area (Å²) in [5.74, 6) is 0.555. The number of hydrogen-bond acceptors (Lipinski definition) is 4. The molecule has 3 heterocycles. The Balaban J connectivity index is 1.49. The number of halogens is 1. The van der Waals surface area contributed by atoms with Crippen molar-refractivity contribution in [2.45, 2.75) is 56.0 Å². The average molecular weight is 486 g/mol. The third-order valence-corrected chi connectivity index (χ3v) is 8.28. The van der Waals surface area contributed by atoms with Gasteiger partial charge in [0, 0.05) is 36.7 Å². The lowest BCUT2D eigenvalue weighted by Crippen LogP contribution is -2.36. The van der Waals surface area contributed by atoms with Crippen molar-refractivity contribution in [2.75, 3.05) is 13.7 Å². The molecule has 186 valence electrons. The van der Waals surface area contributed by atoms with Crippen LogP contribution in [0.25, 0.3) is 16.8 Å². The van der Waals surface area contributed by atoms with E-state index in [1.54, 1.807) is 19.2 Å². The van der Waals surface area contributed by atoms with Crippen molar-refractivity contribution in [1.29, 1.82) is 0 Å². The lowest BCUT2D eigenvalue weighted by molar-refractivity contribution is -0.0508. The summed E-state index contributed by atoms with van der Waals surface area (Å²) >= 11 is 0. The molecule has 3 aromatic heterocycles. The van der Waals surface area contributed by atoms with Crippen molar-refractivity contribution >= 4 is 5.52 Å². The van der Waals surface area contributed by atoms with Crippen LogP contribution in [-0.2, 0) is 11.2 Å². The highest BCUT2D eigenvalue weighted by molar-refractivity contribution is 5.78. The van der Waals surface area contributed by atoms with Gasteiger partial charge in [0.15, 0.2) is 0 Å². The number of hydrogen-bond donors (Lipinski definition) is 1. The van der Waals surface area contributed by atoms with E-state index in [-0.39, 0.29) is 17.7 Å². The maximum Gasteiger partial charge on any atom is 0.123 e. The number of aromatic nitrogens is 3. The molecule has 1 saturated carbocycles. The lowest BCUT2D eigenvalue weighted by Gasteiger charge is -2.36. The summed E-state index contributed by atoms with van der Waals surface area (Å²) in [6.07, 6.45) is 11.4. The zero-order valence-electron chi connectivity index (χ0n) is 20.6. The zero-order chi connectivity index (χ0) is 24.7. The van der Waals surface area contributed by atoms with Crippen molar-refractivity contribution in [1.82, 2.24) is 14.4 Å². The number of benzene rings is 1. The van der Waals surface area contributed by atoms with Gasteiger partial charge in [-0.3, -0.25) is 4.98 Å². The predicted molar refractivity (Wildman–Crippen MR) is 137 cm³/mol. The van der Waals surface area contributed by atoms with E-state index in [0.29, 0.717) is 18.9 Å². The van der Waals surface area contributed by atoms with E-state index < -0.39 is 5.60 Å². The van der Waals surface area contributed by atoms with E-state index in [9.17, 15) is 9.50 Å². The molecule has 1 N–H and O–H groups in total. The second-order valence-corrected chi connectivity index (χ2v) is 10.6. The van der Waals surface area contributed by atoms with Gasteiger partial charge >= 0.3 is 0 Å². The summed E-state index contributed by atoms with van der Waals surface area (Å²) in [6.45, 7) is 0.361. The summed E-state index contributed by atoms with van der Waals surface area (Å²) < 4.78 is 21.1. The highest BCUT2D eigenvalue weighted by Gasteiger charge is 2.44. The van der Waals surface area contributed by atoms with Gasteiger partial charge < -0.3 is 14.2 Å². The first-order valence-corrected chi connectivity index (χ1v) is 12.9. The number of aliphatic hydroxyl groups is 1. The van der Waals surface area contributed by atoms with E-state index in [2.05, 4.69) is 28.8 Å². The fourth-order valence-electron chi connectivity index (χ4n) is 6.73. The third-order valence-electron chi connectivity index (χ3n) is 8.28. The Morgan fingerprint density at radius 3 is 2.78 bits per heavy atom. The molecule has 4 aromatic rings. The molecule has 1 fully saturated rings. The first-order valence-electron chi connectivity index (χ1n) is 12.9. The number of pyridine rings is 2. The smallest absolute Gasteiger partial charge is 0.123 e. The number of nitrogens with zero attached hydrogens (tertiary/aromatic N) is 3. The number of ether oxygens (including phenoxy) is 1. The van der Waals surface area contributed by atoms with Gasteiger partial charge in [0.25, 0.3) is 0 Å². The first kappa shape index (κ1) is 23.3. The third kappa shape index (κ3) is 4.22. The molecule has 0 amide bonds. The van der Waals surface area contributed by atoms with Gasteiger partial charge in [-0.1, -0.05) is 6.07 Å². The maximum absolute atomic E-state index is 13.5. The number of rotatable bonds is 4. The Morgan fingerprint density at radius 2 is 2.00 bits per heavy atom. The number of methoxy groups -OCH3 is 1. The number of imidazole rings is 1. The minimum Gasteiger partial charge on any atom is -0.387 e. The molecule has 2 aliphatic rings. The maximum atomic E-state index is 13.5. The van der Waals surface area contributed by atoms with Crippen molar-refractivity contribution in [3.63, 3.8) is 0 Å². The molecule has 0 aliphatic heterocycles. The highest BCUT2D eigenvalue weighted by Crippen LogP contribution is 2.51. The summed E-state index contributed by atoms with van der Waals surface area (Å²) in [7, 11) is 1.67. The molecule has 1 unspecified atom stereocenters. The molecular weight excluding hydrogens is 453 g/mol. The van der Waals surface area contributed by atoms with E-state index in [1.807, 2.05) is 18.6 Å². The number of aryl methyl sites for hydroxylation is 1. The van der Waals surface area contributed by atoms with Crippen LogP contribution in [0.15, 0.2) is 67.3 Å². The topological polar surface area (TPSA) is 59.7 Å². The Labute approximate surface area is 211 Å². The van der Waals surface area contributed by atoms with Crippen LogP contribution in [0.3, 0.4) is 0 Å². The normalized spacial score (nSPS) is 26.1. The van der Waals surface area contributed by atoms with Crippen molar-refractivity contribution in [3.8, 4) is 11.3 Å². The minimum absolute atomic E-state index is 0.230. The van der Waals surface area contributed by atoms with E-state index in [0.717, 1.165) is 54.6 Å². The standard InChI is InChI=1S/C30H32FN3O2/c1-36-18-30(35)13-12-24-25-17-34-19-33-29(20-8-10-23(31)11-9-20)27(34)15-21(25)5-4-6-22(16-30)28(24)26-7-2-3-14-32-26/h2-3,7-11,14-15,17,19,22,24,28,35H,4-6,12-13,16,18H2,1H3/t22-,24+,28?,30+/m0/s1. The van der Waals surface area contributed by atoms with Gasteiger partial charge in [-0.2, -0.15) is 0 Å². The van der Waals surface area contributed by atoms with Crippen molar-refractivity contribution in [3.05, 3.63) is 89.9 Å². The molecule has 0 spiro atoms. The van der Waals surface area contributed by atoms with Crippen LogP contribution in [-0.4, -0.2) is 38.8 Å². The highest BCUT2D eigenvalue weighted by atomic mass is 19.1. The van der Waals surface area contributed by atoms with Gasteiger partial charge in [-0.15, -0.1) is 0 Å². The Bertz CT molecular complexity index is 1350. The van der Waals surface area contributed by atoms with Crippen LogP contribution in [0.5, 0.6) is 0 Å². The molecule has 1 aromatic carbocycles. The predicted octanol–water partition coefficient (Wildman–Crippen LogP) is 5.92. The second kappa shape index (κ2) is 9.41. The lowest BCUT2D eigenvalue weighted by atomic mass is 9.70. The SMILES string of the molecule is COC[C@@]1(O)CC[C@@H]2c3cn4cnc(-c5ccc(F)cc5)c4cc3CCC[C@@H](C1)C2c1ccccn1. The molecule has 6 rings (SSSR count). The van der Waals surface area contributed by atoms with Crippen molar-refractivity contribution in [2.24, 2.45) is 5.92 Å². The summed E-state index contributed by atoms with van der Waals surface area (Å²) in [5, 5.41) is 11.5. The average Bonchev–Trinajstić information content (AvgIpc) is 3.21. The molecule has 6 heteroatoms. The van der Waals surface area contributed by atoms with E-state index in [4.69, 9.17) is 14.7 Å². The summed E-state index contributed by atoms with van der Waals surface area (Å²) in [4.78, 5) is 9.52. The Morgan fingerprint density at radius 1 is 1.14 bits per heavy atom. The van der Waals surface area contributed by atoms with Gasteiger partial charge in [0.2, 0.25) is 0 Å². The van der Waals surface area contributed by atoms with Crippen LogP contribution >= 0.6 is 0 Å². The summed E-state index contributed by atoms with van der Waals surface area (Å²) in [5.41, 5.74) is 5.78. The van der Waals surface area contributed by atoms with Gasteiger partial charge in [0.05, 0.1) is 29.7 Å². The summed E-state index contributed by atoms with van der Waals surface area (Å²) in [6, 6.07) is 15.0. The Kier molecular flexibility index (Phi) is 6.10. The first-order chi connectivity index (χ1) is 17.5. The monoisotopic (exact) mass is 485 g/mol. The largest absolute Gasteiger partial charge is 0.387 e. The van der Waals surface area contributed by atoms with E-state index >= 15 is 0 Å². The molecule has 36 heavy (non-hydrogen) atoms. The number of fused-ring (bicyclic) bond motifs is 5. The van der Waals surface area contributed by atoms with Crippen LogP contribution < -0.4 is 0 Å². The Hall–Kier alpha value is -3.09. The van der Waals surface area contributed by atoms with Gasteiger partial charge in [0.1, 0.15) is 5.82 Å². The van der Waals surface area contributed by atoms with Crippen LogP contribution in [0, 0.1) is 11.7 Å². The van der Waals surface area contributed by atoms with Gasteiger partial charge in [-0.05, 0) is 104 Å². The molecule has 5 nitrogen and oxygen atoms in total. The molecule has 0 radical (unpaired) electrons. The fourth-order valence-corrected chi connectivity index (χ4v) is 6.73. The van der Waals surface area contributed by atoms with Crippen LogP contribution in [0.2, 0.25) is 0 Å². The van der Waals surface area contributed by atoms with Gasteiger partial charge in [-0.25, -0.2) is 9.37 Å². The molecule has 0 saturated heterocycles. The fraction of sp³-hybridized carbons (Fsp3) is 0.400. The molecular formula is C30H32FN3O2.